The van der Waals surface area contributed by atoms with Crippen LogP contribution in [0.15, 0.2) is 12.3 Å². The fraction of sp³-hybridized carbons (Fsp3) is 0.727. The summed E-state index contributed by atoms with van der Waals surface area (Å²) in [5, 5.41) is 4.48. The first-order valence-corrected chi connectivity index (χ1v) is 5.69. The molecule has 14 heavy (non-hydrogen) atoms. The summed E-state index contributed by atoms with van der Waals surface area (Å²) >= 11 is 6.19. The second kappa shape index (κ2) is 3.58. The lowest BCUT2D eigenvalue weighted by molar-refractivity contribution is 0.450. The summed E-state index contributed by atoms with van der Waals surface area (Å²) < 4.78 is 1.95. The van der Waals surface area contributed by atoms with Crippen LogP contribution in [0.2, 0.25) is 0 Å². The van der Waals surface area contributed by atoms with Gasteiger partial charge in [-0.25, -0.2) is 0 Å². The molecule has 1 aliphatic rings. The molecule has 3 heteroatoms. The molecule has 0 aliphatic heterocycles. The molecule has 0 amide bonds. The minimum atomic E-state index is 0.315. The zero-order valence-electron chi connectivity index (χ0n) is 8.83. The summed E-state index contributed by atoms with van der Waals surface area (Å²) in [6, 6.07) is 2.09. The van der Waals surface area contributed by atoms with Gasteiger partial charge in [-0.15, -0.1) is 11.6 Å². The van der Waals surface area contributed by atoms with E-state index in [2.05, 4.69) is 18.1 Å². The molecule has 0 saturated heterocycles. The number of aromatic nitrogens is 2. The lowest BCUT2D eigenvalue weighted by Crippen LogP contribution is -2.14. The van der Waals surface area contributed by atoms with Crippen LogP contribution in [0.3, 0.4) is 0 Å². The molecule has 0 aromatic carbocycles. The van der Waals surface area contributed by atoms with E-state index in [0.717, 1.165) is 6.42 Å². The molecule has 0 bridgehead atoms. The number of halogens is 1. The van der Waals surface area contributed by atoms with E-state index in [1.54, 1.807) is 0 Å². The Kier molecular flexibility index (Phi) is 2.56. The van der Waals surface area contributed by atoms with Gasteiger partial charge >= 0.3 is 0 Å². The molecule has 1 unspecified atom stereocenters. The molecule has 1 aliphatic carbocycles. The van der Waals surface area contributed by atoms with E-state index >= 15 is 0 Å². The highest BCUT2D eigenvalue weighted by molar-refractivity contribution is 6.21. The average molecular weight is 213 g/mol. The Morgan fingerprint density at radius 3 is 2.79 bits per heavy atom. The van der Waals surface area contributed by atoms with Crippen LogP contribution in [-0.4, -0.2) is 15.2 Å². The maximum atomic E-state index is 6.19. The van der Waals surface area contributed by atoms with Crippen molar-refractivity contribution >= 4 is 11.6 Å². The van der Waals surface area contributed by atoms with Gasteiger partial charge in [-0.05, 0) is 44.1 Å². The summed E-state index contributed by atoms with van der Waals surface area (Å²) in [4.78, 5) is 0. The van der Waals surface area contributed by atoms with E-state index < -0.39 is 0 Å². The van der Waals surface area contributed by atoms with Gasteiger partial charge in [0.1, 0.15) is 0 Å². The van der Waals surface area contributed by atoms with Crippen molar-refractivity contribution in [2.24, 2.45) is 12.5 Å². The van der Waals surface area contributed by atoms with Crippen molar-refractivity contribution in [2.75, 3.05) is 0 Å². The molecule has 0 spiro atoms. The molecule has 2 rings (SSSR count). The molecule has 1 aromatic rings. The highest BCUT2D eigenvalue weighted by Gasteiger charge is 2.45. The molecule has 1 fully saturated rings. The van der Waals surface area contributed by atoms with E-state index in [1.807, 2.05) is 17.9 Å². The maximum absolute atomic E-state index is 6.19. The highest BCUT2D eigenvalue weighted by atomic mass is 35.5. The third-order valence-electron chi connectivity index (χ3n) is 3.54. The number of hydrogen-bond acceptors (Lipinski definition) is 1. The van der Waals surface area contributed by atoms with Gasteiger partial charge in [-0.3, -0.25) is 4.68 Å². The van der Waals surface area contributed by atoms with Crippen molar-refractivity contribution in [3.8, 4) is 0 Å². The van der Waals surface area contributed by atoms with E-state index in [-0.39, 0.29) is 0 Å². The fourth-order valence-electron chi connectivity index (χ4n) is 2.03. The predicted molar refractivity (Wildman–Crippen MR) is 58.5 cm³/mol. The Bertz CT molecular complexity index is 313. The summed E-state index contributed by atoms with van der Waals surface area (Å²) in [6.45, 7) is 2.12. The topological polar surface area (TPSA) is 17.8 Å². The molecule has 78 valence electrons. The van der Waals surface area contributed by atoms with Crippen LogP contribution in [-0.2, 0) is 13.5 Å². The monoisotopic (exact) mass is 212 g/mol. The zero-order chi connectivity index (χ0) is 10.2. The SMILES string of the molecule is CC(Cl)C1(CCc2ccnn2C)CC1. The van der Waals surface area contributed by atoms with Crippen LogP contribution in [0.4, 0.5) is 0 Å². The molecule has 0 radical (unpaired) electrons. The quantitative estimate of drug-likeness (QED) is 0.702. The second-order valence-electron chi connectivity index (χ2n) is 4.42. The predicted octanol–water partition coefficient (Wildman–Crippen LogP) is 2.76. The van der Waals surface area contributed by atoms with Gasteiger partial charge in [-0.2, -0.15) is 5.10 Å². The van der Waals surface area contributed by atoms with Gasteiger partial charge in [0.15, 0.2) is 0 Å². The third kappa shape index (κ3) is 1.81. The minimum absolute atomic E-state index is 0.315. The lowest BCUT2D eigenvalue weighted by Gasteiger charge is -2.17. The third-order valence-corrected chi connectivity index (χ3v) is 4.00. The van der Waals surface area contributed by atoms with Gasteiger partial charge in [0.25, 0.3) is 0 Å². The van der Waals surface area contributed by atoms with Crippen molar-refractivity contribution in [1.82, 2.24) is 9.78 Å². The van der Waals surface area contributed by atoms with Gasteiger partial charge in [0.2, 0.25) is 0 Å². The van der Waals surface area contributed by atoms with Crippen LogP contribution in [0.1, 0.15) is 31.9 Å². The zero-order valence-corrected chi connectivity index (χ0v) is 9.59. The van der Waals surface area contributed by atoms with Crippen LogP contribution >= 0.6 is 11.6 Å². The molecule has 1 aromatic heterocycles. The summed E-state index contributed by atoms with van der Waals surface area (Å²) in [5.74, 6) is 0. The number of hydrogen-bond donors (Lipinski definition) is 0. The number of nitrogens with zero attached hydrogens (tertiary/aromatic N) is 2. The standard InChI is InChI=1S/C11H17ClN2/c1-9(12)11(6-7-11)5-3-10-4-8-13-14(10)2/h4,8-9H,3,5-7H2,1-2H3. The van der Waals surface area contributed by atoms with Crippen LogP contribution in [0.25, 0.3) is 0 Å². The summed E-state index contributed by atoms with van der Waals surface area (Å²) in [6.07, 6.45) is 6.77. The first-order valence-electron chi connectivity index (χ1n) is 5.25. The minimum Gasteiger partial charge on any atom is -0.273 e. The highest BCUT2D eigenvalue weighted by Crippen LogP contribution is 2.54. The Labute approximate surface area is 90.3 Å². The molecule has 0 N–H and O–H groups in total. The average Bonchev–Trinajstić information content (AvgIpc) is 2.83. The Balaban J connectivity index is 1.92. The van der Waals surface area contributed by atoms with Gasteiger partial charge in [0.05, 0.1) is 0 Å². The number of alkyl halides is 1. The van der Waals surface area contributed by atoms with Crippen molar-refractivity contribution in [2.45, 2.75) is 38.0 Å². The van der Waals surface area contributed by atoms with Crippen molar-refractivity contribution in [3.05, 3.63) is 18.0 Å². The fourth-order valence-corrected chi connectivity index (χ4v) is 2.36. The van der Waals surface area contributed by atoms with Gasteiger partial charge < -0.3 is 0 Å². The smallest absolute Gasteiger partial charge is 0.0492 e. The first kappa shape index (κ1) is 10.0. The number of rotatable bonds is 4. The van der Waals surface area contributed by atoms with Crippen LogP contribution in [0, 0.1) is 5.41 Å². The van der Waals surface area contributed by atoms with Crippen LogP contribution < -0.4 is 0 Å². The Morgan fingerprint density at radius 1 is 1.64 bits per heavy atom. The molecular weight excluding hydrogens is 196 g/mol. The van der Waals surface area contributed by atoms with E-state index in [1.165, 1.54) is 25.0 Å². The largest absolute Gasteiger partial charge is 0.273 e. The Morgan fingerprint density at radius 2 is 2.36 bits per heavy atom. The molecular formula is C11H17ClN2. The summed E-state index contributed by atoms with van der Waals surface area (Å²) in [5.41, 5.74) is 1.75. The first-order chi connectivity index (χ1) is 6.64. The van der Waals surface area contributed by atoms with E-state index in [4.69, 9.17) is 11.6 Å². The van der Waals surface area contributed by atoms with Crippen LogP contribution in [0.5, 0.6) is 0 Å². The van der Waals surface area contributed by atoms with Crippen molar-refractivity contribution in [1.29, 1.82) is 0 Å². The molecule has 2 nitrogen and oxygen atoms in total. The second-order valence-corrected chi connectivity index (χ2v) is 5.08. The van der Waals surface area contributed by atoms with Gasteiger partial charge in [0, 0.05) is 24.3 Å². The maximum Gasteiger partial charge on any atom is 0.0492 e. The summed E-state index contributed by atoms with van der Waals surface area (Å²) in [7, 11) is 2.00. The number of aryl methyl sites for hydroxylation is 2. The van der Waals surface area contributed by atoms with E-state index in [9.17, 15) is 0 Å². The van der Waals surface area contributed by atoms with Crippen molar-refractivity contribution in [3.63, 3.8) is 0 Å². The normalized spacial score (nSPS) is 20.8. The molecule has 1 heterocycles. The molecule has 1 saturated carbocycles. The Hall–Kier alpha value is -0.500. The van der Waals surface area contributed by atoms with Crippen molar-refractivity contribution < 1.29 is 0 Å². The van der Waals surface area contributed by atoms with E-state index in [0.29, 0.717) is 10.8 Å². The lowest BCUT2D eigenvalue weighted by atomic mass is 9.96. The molecule has 1 atom stereocenters. The van der Waals surface area contributed by atoms with Gasteiger partial charge in [-0.1, -0.05) is 0 Å².